The molecule has 18 heavy (non-hydrogen) atoms. The summed E-state index contributed by atoms with van der Waals surface area (Å²) < 4.78 is 5.47. The second-order valence-electron chi connectivity index (χ2n) is 6.20. The van der Waals surface area contributed by atoms with Crippen LogP contribution in [0.5, 0.6) is 0 Å². The number of aliphatic hydroxyl groups excluding tert-OH is 1. The Balaban J connectivity index is 3.39. The summed E-state index contributed by atoms with van der Waals surface area (Å²) in [5.41, 5.74) is 0. The van der Waals surface area contributed by atoms with E-state index < -0.39 is 6.10 Å². The van der Waals surface area contributed by atoms with Crippen molar-refractivity contribution in [2.75, 3.05) is 19.8 Å². The highest BCUT2D eigenvalue weighted by Crippen LogP contribution is 2.04. The minimum absolute atomic E-state index is 0.390. The second kappa shape index (κ2) is 10.8. The molecule has 0 aromatic rings. The molecule has 110 valence electrons. The zero-order valence-corrected chi connectivity index (χ0v) is 12.9. The second-order valence-corrected chi connectivity index (χ2v) is 6.20. The fraction of sp³-hybridized carbons (Fsp3) is 1.00. The van der Waals surface area contributed by atoms with Gasteiger partial charge in [0, 0.05) is 19.2 Å². The molecule has 0 amide bonds. The largest absolute Gasteiger partial charge is 0.389 e. The van der Waals surface area contributed by atoms with Crippen molar-refractivity contribution < 1.29 is 9.84 Å². The van der Waals surface area contributed by atoms with Crippen LogP contribution < -0.4 is 5.32 Å². The topological polar surface area (TPSA) is 41.5 Å². The molecule has 0 aromatic carbocycles. The van der Waals surface area contributed by atoms with Gasteiger partial charge in [-0.3, -0.25) is 0 Å². The highest BCUT2D eigenvalue weighted by atomic mass is 16.5. The van der Waals surface area contributed by atoms with Crippen molar-refractivity contribution in [2.24, 2.45) is 11.8 Å². The molecule has 0 aliphatic heterocycles. The summed E-state index contributed by atoms with van der Waals surface area (Å²) in [5, 5.41) is 13.1. The third-order valence-corrected chi connectivity index (χ3v) is 2.91. The summed E-state index contributed by atoms with van der Waals surface area (Å²) in [7, 11) is 0. The van der Waals surface area contributed by atoms with Gasteiger partial charge < -0.3 is 15.2 Å². The van der Waals surface area contributed by atoms with E-state index in [1.807, 2.05) is 0 Å². The maximum atomic E-state index is 9.75. The highest BCUT2D eigenvalue weighted by Gasteiger charge is 2.08. The molecule has 3 nitrogen and oxygen atoms in total. The summed E-state index contributed by atoms with van der Waals surface area (Å²) >= 11 is 0. The van der Waals surface area contributed by atoms with Crippen LogP contribution in [-0.2, 0) is 4.74 Å². The van der Waals surface area contributed by atoms with Crippen molar-refractivity contribution in [1.82, 2.24) is 5.32 Å². The van der Waals surface area contributed by atoms with E-state index in [4.69, 9.17) is 4.74 Å². The molecule has 0 saturated carbocycles. The minimum Gasteiger partial charge on any atom is -0.389 e. The summed E-state index contributed by atoms with van der Waals surface area (Å²) in [6, 6.07) is 0.459. The Morgan fingerprint density at radius 2 is 1.72 bits per heavy atom. The number of ether oxygens (including phenoxy) is 1. The molecule has 0 rings (SSSR count). The quantitative estimate of drug-likeness (QED) is 0.561. The fourth-order valence-electron chi connectivity index (χ4n) is 2.00. The maximum absolute atomic E-state index is 9.75. The third-order valence-electron chi connectivity index (χ3n) is 2.91. The van der Waals surface area contributed by atoms with Crippen molar-refractivity contribution in [3.8, 4) is 0 Å². The van der Waals surface area contributed by atoms with Crippen LogP contribution in [0.1, 0.15) is 53.9 Å². The Bertz CT molecular complexity index is 183. The van der Waals surface area contributed by atoms with Gasteiger partial charge in [-0.25, -0.2) is 0 Å². The van der Waals surface area contributed by atoms with Crippen LogP contribution in [0, 0.1) is 11.8 Å². The molecule has 0 aromatic heterocycles. The van der Waals surface area contributed by atoms with Gasteiger partial charge in [-0.15, -0.1) is 0 Å². The molecule has 0 radical (unpaired) electrons. The average molecular weight is 259 g/mol. The normalized spacial score (nSPS) is 15.3. The van der Waals surface area contributed by atoms with E-state index in [0.717, 1.165) is 25.4 Å². The maximum Gasteiger partial charge on any atom is 0.0897 e. The van der Waals surface area contributed by atoms with E-state index >= 15 is 0 Å². The molecule has 0 aliphatic rings. The number of hydrogen-bond acceptors (Lipinski definition) is 3. The van der Waals surface area contributed by atoms with Crippen LogP contribution in [0.25, 0.3) is 0 Å². The lowest BCUT2D eigenvalue weighted by Gasteiger charge is -2.18. The molecule has 0 bridgehead atoms. The molecule has 0 spiro atoms. The molecular weight excluding hydrogens is 226 g/mol. The van der Waals surface area contributed by atoms with Crippen molar-refractivity contribution in [3.63, 3.8) is 0 Å². The number of rotatable bonds is 11. The molecular formula is C15H33NO2. The first-order valence-electron chi connectivity index (χ1n) is 7.41. The Kier molecular flexibility index (Phi) is 10.7. The standard InChI is InChI=1S/C15H33NO2/c1-12(2)7-6-8-18-11-15(17)10-16-14(5)9-13(3)4/h12-17H,6-11H2,1-5H3. The van der Waals surface area contributed by atoms with Gasteiger partial charge in [-0.1, -0.05) is 27.7 Å². The zero-order chi connectivity index (χ0) is 14.0. The molecule has 0 heterocycles. The summed E-state index contributed by atoms with van der Waals surface area (Å²) in [6.07, 6.45) is 3.03. The highest BCUT2D eigenvalue weighted by molar-refractivity contribution is 4.66. The van der Waals surface area contributed by atoms with Gasteiger partial charge in [-0.05, 0) is 38.0 Å². The first-order chi connectivity index (χ1) is 8.41. The summed E-state index contributed by atoms with van der Waals surface area (Å²) in [6.45, 7) is 12.9. The predicted octanol–water partition coefficient (Wildman–Crippen LogP) is 2.82. The Labute approximate surface area is 113 Å². The van der Waals surface area contributed by atoms with E-state index in [1.54, 1.807) is 0 Å². The lowest BCUT2D eigenvalue weighted by molar-refractivity contribution is 0.0334. The molecule has 3 heteroatoms. The van der Waals surface area contributed by atoms with Crippen LogP contribution >= 0.6 is 0 Å². The smallest absolute Gasteiger partial charge is 0.0897 e. The Morgan fingerprint density at radius 1 is 1.06 bits per heavy atom. The monoisotopic (exact) mass is 259 g/mol. The van der Waals surface area contributed by atoms with Crippen LogP contribution in [0.15, 0.2) is 0 Å². The molecule has 0 aliphatic carbocycles. The predicted molar refractivity (Wildman–Crippen MR) is 77.8 cm³/mol. The van der Waals surface area contributed by atoms with Gasteiger partial charge in [-0.2, -0.15) is 0 Å². The molecule has 0 fully saturated rings. The number of hydrogen-bond donors (Lipinski definition) is 2. The fourth-order valence-corrected chi connectivity index (χ4v) is 2.00. The summed E-state index contributed by atoms with van der Waals surface area (Å²) in [4.78, 5) is 0. The van der Waals surface area contributed by atoms with E-state index in [2.05, 4.69) is 39.9 Å². The molecule has 2 unspecified atom stereocenters. The van der Waals surface area contributed by atoms with E-state index in [1.165, 1.54) is 6.42 Å². The summed E-state index contributed by atoms with van der Waals surface area (Å²) in [5.74, 6) is 1.42. The van der Waals surface area contributed by atoms with Gasteiger partial charge in [0.15, 0.2) is 0 Å². The van der Waals surface area contributed by atoms with Crippen LogP contribution in [0.3, 0.4) is 0 Å². The number of aliphatic hydroxyl groups is 1. The molecule has 2 atom stereocenters. The van der Waals surface area contributed by atoms with Crippen LogP contribution in [0.4, 0.5) is 0 Å². The van der Waals surface area contributed by atoms with Gasteiger partial charge in [0.05, 0.1) is 12.7 Å². The molecule has 0 saturated heterocycles. The minimum atomic E-state index is -0.390. The Hall–Kier alpha value is -0.120. The van der Waals surface area contributed by atoms with Crippen molar-refractivity contribution in [2.45, 2.75) is 66.0 Å². The van der Waals surface area contributed by atoms with Crippen LogP contribution in [-0.4, -0.2) is 37.0 Å². The van der Waals surface area contributed by atoms with Crippen molar-refractivity contribution in [1.29, 1.82) is 0 Å². The van der Waals surface area contributed by atoms with Gasteiger partial charge in [0.1, 0.15) is 0 Å². The first-order valence-corrected chi connectivity index (χ1v) is 7.41. The van der Waals surface area contributed by atoms with Gasteiger partial charge >= 0.3 is 0 Å². The molecule has 2 N–H and O–H groups in total. The first kappa shape index (κ1) is 17.9. The number of nitrogens with one attached hydrogen (secondary N) is 1. The lowest BCUT2D eigenvalue weighted by atomic mass is 10.1. The zero-order valence-electron chi connectivity index (χ0n) is 12.9. The van der Waals surface area contributed by atoms with Crippen molar-refractivity contribution in [3.05, 3.63) is 0 Å². The van der Waals surface area contributed by atoms with Gasteiger partial charge in [0.2, 0.25) is 0 Å². The van der Waals surface area contributed by atoms with E-state index in [9.17, 15) is 5.11 Å². The van der Waals surface area contributed by atoms with E-state index in [-0.39, 0.29) is 0 Å². The third kappa shape index (κ3) is 12.3. The van der Waals surface area contributed by atoms with Crippen LogP contribution in [0.2, 0.25) is 0 Å². The lowest BCUT2D eigenvalue weighted by Crippen LogP contribution is -2.36. The van der Waals surface area contributed by atoms with Crippen molar-refractivity contribution >= 4 is 0 Å². The van der Waals surface area contributed by atoms with Gasteiger partial charge in [0.25, 0.3) is 0 Å². The van der Waals surface area contributed by atoms with E-state index in [0.29, 0.717) is 25.1 Å². The Morgan fingerprint density at radius 3 is 2.28 bits per heavy atom. The average Bonchev–Trinajstić information content (AvgIpc) is 2.24. The SMILES string of the molecule is CC(C)CCCOCC(O)CNC(C)CC(C)C.